The molecule has 0 aromatic carbocycles. The van der Waals surface area contributed by atoms with E-state index in [1.807, 2.05) is 55.5 Å². The van der Waals surface area contributed by atoms with Gasteiger partial charge in [0.25, 0.3) is 0 Å². The lowest BCUT2D eigenvalue weighted by atomic mass is 10.1. The number of carbonyl (C=O) groups is 1. The highest BCUT2D eigenvalue weighted by molar-refractivity contribution is 5.94. The van der Waals surface area contributed by atoms with Crippen molar-refractivity contribution in [3.8, 4) is 11.3 Å². The first-order valence-electron chi connectivity index (χ1n) is 11.4. The van der Waals surface area contributed by atoms with Crippen LogP contribution in [0.2, 0.25) is 0 Å². The van der Waals surface area contributed by atoms with Gasteiger partial charge in [0.2, 0.25) is 0 Å². The summed E-state index contributed by atoms with van der Waals surface area (Å²) < 4.78 is 1.74. The van der Waals surface area contributed by atoms with Crippen molar-refractivity contribution in [1.29, 1.82) is 0 Å². The largest absolute Gasteiger partial charge is 0.353 e. The number of piperazine rings is 1. The molecule has 0 atom stereocenters. The average Bonchev–Trinajstić information content (AvgIpc) is 3.28. The van der Waals surface area contributed by atoms with Crippen LogP contribution >= 0.6 is 0 Å². The Labute approximate surface area is 197 Å². The molecule has 5 rings (SSSR count). The van der Waals surface area contributed by atoms with Crippen molar-refractivity contribution in [2.24, 2.45) is 7.05 Å². The minimum Gasteiger partial charge on any atom is -0.353 e. The van der Waals surface area contributed by atoms with Gasteiger partial charge in [-0.25, -0.2) is 14.8 Å². The number of amides is 2. The summed E-state index contributed by atoms with van der Waals surface area (Å²) >= 11 is 0. The van der Waals surface area contributed by atoms with Crippen molar-refractivity contribution in [1.82, 2.24) is 34.9 Å². The molecule has 2 N–H and O–H groups in total. The molecule has 0 saturated carbocycles. The van der Waals surface area contributed by atoms with Crippen LogP contribution < -0.4 is 15.5 Å². The van der Waals surface area contributed by atoms with E-state index in [0.717, 1.165) is 33.7 Å². The minimum atomic E-state index is -0.0114. The van der Waals surface area contributed by atoms with Crippen LogP contribution in [0.1, 0.15) is 6.92 Å². The number of fused-ring (bicyclic) bond motifs is 1. The zero-order valence-corrected chi connectivity index (χ0v) is 19.3. The normalized spacial score (nSPS) is 13.8. The number of urea groups is 1. The molecular formula is C24H27N9O. The fraction of sp³-hybridized carbons (Fsp3) is 0.292. The van der Waals surface area contributed by atoms with Crippen molar-refractivity contribution in [3.63, 3.8) is 0 Å². The van der Waals surface area contributed by atoms with Crippen LogP contribution in [0.3, 0.4) is 0 Å². The summed E-state index contributed by atoms with van der Waals surface area (Å²) in [4.78, 5) is 30.1. The van der Waals surface area contributed by atoms with Crippen LogP contribution in [0.25, 0.3) is 22.0 Å². The molecule has 1 fully saturated rings. The van der Waals surface area contributed by atoms with Gasteiger partial charge in [0.15, 0.2) is 5.82 Å². The van der Waals surface area contributed by atoms with E-state index in [9.17, 15) is 4.79 Å². The molecule has 174 valence electrons. The van der Waals surface area contributed by atoms with Gasteiger partial charge in [-0.2, -0.15) is 5.10 Å². The second kappa shape index (κ2) is 9.34. The van der Waals surface area contributed by atoms with E-state index < -0.39 is 0 Å². The number of rotatable bonds is 5. The van der Waals surface area contributed by atoms with Gasteiger partial charge in [0.05, 0.1) is 5.69 Å². The first-order valence-corrected chi connectivity index (χ1v) is 11.4. The van der Waals surface area contributed by atoms with Crippen molar-refractivity contribution in [2.75, 3.05) is 42.9 Å². The van der Waals surface area contributed by atoms with Gasteiger partial charge in [0.1, 0.15) is 11.6 Å². The summed E-state index contributed by atoms with van der Waals surface area (Å²) in [6, 6.07) is 9.85. The first-order chi connectivity index (χ1) is 16.6. The predicted octanol–water partition coefficient (Wildman–Crippen LogP) is 3.02. The number of carbonyl (C=O) groups excluding carboxylic acids is 1. The smallest absolute Gasteiger partial charge is 0.317 e. The molecule has 34 heavy (non-hydrogen) atoms. The molecule has 0 radical (unpaired) electrons. The molecule has 0 bridgehead atoms. The van der Waals surface area contributed by atoms with Crippen LogP contribution in [-0.4, -0.2) is 68.4 Å². The Balaban J connectivity index is 1.45. The van der Waals surface area contributed by atoms with Crippen molar-refractivity contribution >= 4 is 34.3 Å². The Hall–Kier alpha value is -4.21. The summed E-state index contributed by atoms with van der Waals surface area (Å²) in [6.45, 7) is 5.29. The van der Waals surface area contributed by atoms with Gasteiger partial charge in [-0.1, -0.05) is 0 Å². The number of nitrogens with one attached hydrogen (secondary N) is 2. The van der Waals surface area contributed by atoms with E-state index in [0.29, 0.717) is 38.5 Å². The summed E-state index contributed by atoms with van der Waals surface area (Å²) in [5.41, 5.74) is 1.79. The Morgan fingerprint density at radius 2 is 1.91 bits per heavy atom. The van der Waals surface area contributed by atoms with Crippen molar-refractivity contribution < 1.29 is 4.79 Å². The molecule has 0 unspecified atom stereocenters. The Morgan fingerprint density at radius 3 is 2.68 bits per heavy atom. The highest BCUT2D eigenvalue weighted by Crippen LogP contribution is 2.31. The molecule has 10 nitrogen and oxygen atoms in total. The molecule has 1 aliphatic heterocycles. The minimum absolute atomic E-state index is 0.0114. The lowest BCUT2D eigenvalue weighted by Gasteiger charge is -2.36. The van der Waals surface area contributed by atoms with E-state index >= 15 is 0 Å². The molecule has 4 aromatic rings. The highest BCUT2D eigenvalue weighted by Gasteiger charge is 2.23. The van der Waals surface area contributed by atoms with Gasteiger partial charge in [-0.05, 0) is 31.2 Å². The third-order valence-electron chi connectivity index (χ3n) is 5.83. The highest BCUT2D eigenvalue weighted by atomic mass is 16.2. The molecule has 0 aliphatic carbocycles. The first kappa shape index (κ1) is 21.6. The van der Waals surface area contributed by atoms with E-state index in [1.54, 1.807) is 17.1 Å². The van der Waals surface area contributed by atoms with Crippen molar-refractivity contribution in [2.45, 2.75) is 6.92 Å². The number of hydrogen-bond acceptors (Lipinski definition) is 7. The standard InChI is InChI=1S/C24H27N9O/c1-3-26-24(34)33-12-10-32(11-13-33)23-19-5-7-25-16-18(19)14-20(28-23)17-4-8-27-22(15-17)29-21-6-9-31(2)30-21/h4-9,14-16H,3,10-13H2,1-2H3,(H,26,34)(H,27,29,30). The second-order valence-electron chi connectivity index (χ2n) is 8.17. The van der Waals surface area contributed by atoms with Gasteiger partial charge >= 0.3 is 6.03 Å². The van der Waals surface area contributed by atoms with Gasteiger partial charge in [-0.15, -0.1) is 0 Å². The molecule has 4 aromatic heterocycles. The summed E-state index contributed by atoms with van der Waals surface area (Å²) in [5, 5.41) is 12.5. The number of aryl methyl sites for hydroxylation is 1. The topological polar surface area (TPSA) is 104 Å². The number of aromatic nitrogens is 5. The quantitative estimate of drug-likeness (QED) is 0.475. The van der Waals surface area contributed by atoms with E-state index in [1.165, 1.54) is 0 Å². The SMILES string of the molecule is CCNC(=O)N1CCN(c2nc(-c3ccnc(Nc4ccn(C)n4)c3)cc3cnccc23)CC1. The fourth-order valence-corrected chi connectivity index (χ4v) is 4.12. The lowest BCUT2D eigenvalue weighted by Crippen LogP contribution is -2.52. The maximum absolute atomic E-state index is 12.2. The zero-order chi connectivity index (χ0) is 23.5. The van der Waals surface area contributed by atoms with Crippen LogP contribution in [0.5, 0.6) is 0 Å². The molecule has 2 amide bonds. The van der Waals surface area contributed by atoms with Crippen molar-refractivity contribution in [3.05, 3.63) is 55.1 Å². The average molecular weight is 458 g/mol. The van der Waals surface area contributed by atoms with Crippen LogP contribution in [0.15, 0.2) is 55.1 Å². The number of hydrogen-bond donors (Lipinski definition) is 2. The van der Waals surface area contributed by atoms with Gasteiger partial charge in [0, 0.05) is 87.0 Å². The van der Waals surface area contributed by atoms with E-state index in [2.05, 4.69) is 36.7 Å². The maximum atomic E-state index is 12.2. The third-order valence-corrected chi connectivity index (χ3v) is 5.83. The molecular weight excluding hydrogens is 430 g/mol. The van der Waals surface area contributed by atoms with Crippen LogP contribution in [0.4, 0.5) is 22.2 Å². The monoisotopic (exact) mass is 457 g/mol. The zero-order valence-electron chi connectivity index (χ0n) is 19.3. The summed E-state index contributed by atoms with van der Waals surface area (Å²) in [5.74, 6) is 2.33. The summed E-state index contributed by atoms with van der Waals surface area (Å²) in [6.07, 6.45) is 7.30. The molecule has 0 spiro atoms. The second-order valence-corrected chi connectivity index (χ2v) is 8.17. The number of pyridine rings is 3. The molecule has 10 heteroatoms. The Kier molecular flexibility index (Phi) is 5.94. The Bertz CT molecular complexity index is 1310. The van der Waals surface area contributed by atoms with Crippen LogP contribution in [0, 0.1) is 0 Å². The van der Waals surface area contributed by atoms with E-state index in [-0.39, 0.29) is 6.03 Å². The molecule has 1 saturated heterocycles. The van der Waals surface area contributed by atoms with Gasteiger partial charge in [-0.3, -0.25) is 9.67 Å². The molecule has 5 heterocycles. The van der Waals surface area contributed by atoms with E-state index in [4.69, 9.17) is 4.98 Å². The third kappa shape index (κ3) is 4.47. The number of nitrogens with zero attached hydrogens (tertiary/aromatic N) is 7. The fourth-order valence-electron chi connectivity index (χ4n) is 4.12. The lowest BCUT2D eigenvalue weighted by molar-refractivity contribution is 0.195. The summed E-state index contributed by atoms with van der Waals surface area (Å²) in [7, 11) is 1.87. The Morgan fingerprint density at radius 1 is 1.06 bits per heavy atom. The maximum Gasteiger partial charge on any atom is 0.317 e. The predicted molar refractivity (Wildman–Crippen MR) is 132 cm³/mol. The number of anilines is 3. The van der Waals surface area contributed by atoms with Crippen LogP contribution in [-0.2, 0) is 7.05 Å². The molecule has 1 aliphatic rings. The van der Waals surface area contributed by atoms with Gasteiger partial charge < -0.3 is 20.4 Å².